The van der Waals surface area contributed by atoms with Gasteiger partial charge in [-0.05, 0) is 6.42 Å². The maximum absolute atomic E-state index is 10.6. The summed E-state index contributed by atoms with van der Waals surface area (Å²) in [6, 6.07) is -0.00231. The van der Waals surface area contributed by atoms with E-state index in [0.29, 0.717) is 11.8 Å². The molecule has 52 valence electrons. The largest absolute Gasteiger partial charge is 0.286 e. The van der Waals surface area contributed by atoms with E-state index in [1.165, 1.54) is 0 Å². The third kappa shape index (κ3) is 1.24. The van der Waals surface area contributed by atoms with E-state index in [1.807, 2.05) is 0 Å². The maximum Gasteiger partial charge on any atom is 0.246 e. The van der Waals surface area contributed by atoms with E-state index in [4.69, 9.17) is 5.21 Å². The van der Waals surface area contributed by atoms with E-state index >= 15 is 0 Å². The van der Waals surface area contributed by atoms with Gasteiger partial charge in [-0.25, -0.2) is 5.06 Å². The van der Waals surface area contributed by atoms with Gasteiger partial charge in [0.1, 0.15) is 0 Å². The molecule has 9 heavy (non-hydrogen) atoms. The lowest BCUT2D eigenvalue weighted by Gasteiger charge is -2.13. The Kier molecular flexibility index (Phi) is 2.08. The molecule has 1 heterocycles. The van der Waals surface area contributed by atoms with Crippen molar-refractivity contribution in [3.8, 4) is 0 Å². The second kappa shape index (κ2) is 2.66. The smallest absolute Gasteiger partial charge is 0.246 e. The molecule has 1 N–H and O–H groups in total. The Bertz CT molecular complexity index is 128. The fourth-order valence-electron chi connectivity index (χ4n) is 0.873. The third-order valence-corrected chi connectivity index (χ3v) is 2.22. The first-order valence-corrected chi connectivity index (χ1v) is 3.94. The van der Waals surface area contributed by atoms with Crippen molar-refractivity contribution in [2.75, 3.05) is 5.33 Å². The predicted octanol–water partition coefficient (Wildman–Crippen LogP) is 0.762. The van der Waals surface area contributed by atoms with Crippen LogP contribution in [0.3, 0.4) is 0 Å². The molecule has 1 rings (SSSR count). The molecule has 4 heteroatoms. The molecular weight excluding hydrogens is 186 g/mol. The maximum atomic E-state index is 10.6. The third-order valence-electron chi connectivity index (χ3n) is 1.47. The van der Waals surface area contributed by atoms with Crippen LogP contribution in [0, 0.1) is 0 Å². The summed E-state index contributed by atoms with van der Waals surface area (Å²) in [6.45, 7) is 0. The molecule has 0 spiro atoms. The van der Waals surface area contributed by atoms with E-state index in [2.05, 4.69) is 15.9 Å². The average molecular weight is 194 g/mol. The fourth-order valence-corrected chi connectivity index (χ4v) is 1.47. The highest BCUT2D eigenvalue weighted by molar-refractivity contribution is 9.09. The van der Waals surface area contributed by atoms with Crippen LogP contribution in [-0.4, -0.2) is 27.5 Å². The molecule has 1 amide bonds. The van der Waals surface area contributed by atoms with Gasteiger partial charge in [0.2, 0.25) is 5.91 Å². The van der Waals surface area contributed by atoms with Gasteiger partial charge in [-0.1, -0.05) is 15.9 Å². The number of hydrogen-bond acceptors (Lipinski definition) is 2. The molecule has 0 aliphatic carbocycles. The summed E-state index contributed by atoms with van der Waals surface area (Å²) in [6.07, 6.45) is 1.24. The van der Waals surface area contributed by atoms with Gasteiger partial charge < -0.3 is 0 Å². The first kappa shape index (κ1) is 7.02. The molecule has 1 saturated heterocycles. The Morgan fingerprint density at radius 2 is 2.56 bits per heavy atom. The fraction of sp³-hybridized carbons (Fsp3) is 0.800. The summed E-state index contributed by atoms with van der Waals surface area (Å²) in [5.41, 5.74) is 0. The summed E-state index contributed by atoms with van der Waals surface area (Å²) in [5, 5.41) is 10.4. The topological polar surface area (TPSA) is 40.5 Å². The van der Waals surface area contributed by atoms with Crippen molar-refractivity contribution in [2.24, 2.45) is 0 Å². The molecule has 0 saturated carbocycles. The zero-order chi connectivity index (χ0) is 6.85. The highest BCUT2D eigenvalue weighted by Gasteiger charge is 2.28. The normalized spacial score (nSPS) is 27.6. The van der Waals surface area contributed by atoms with Crippen LogP contribution in [0.2, 0.25) is 0 Å². The van der Waals surface area contributed by atoms with Gasteiger partial charge in [-0.15, -0.1) is 0 Å². The predicted molar refractivity (Wildman–Crippen MR) is 35.4 cm³/mol. The Hall–Kier alpha value is -0.0900. The minimum atomic E-state index is -0.167. The van der Waals surface area contributed by atoms with Crippen molar-refractivity contribution < 1.29 is 10.0 Å². The van der Waals surface area contributed by atoms with Crippen molar-refractivity contribution >= 4 is 21.8 Å². The molecule has 1 unspecified atom stereocenters. The van der Waals surface area contributed by atoms with Crippen LogP contribution in [-0.2, 0) is 4.79 Å². The van der Waals surface area contributed by atoms with Crippen LogP contribution < -0.4 is 0 Å². The highest BCUT2D eigenvalue weighted by atomic mass is 79.9. The van der Waals surface area contributed by atoms with E-state index < -0.39 is 0 Å². The number of halogens is 1. The second-order valence-electron chi connectivity index (χ2n) is 2.09. The van der Waals surface area contributed by atoms with E-state index in [9.17, 15) is 4.79 Å². The number of alkyl halides is 1. The summed E-state index contributed by atoms with van der Waals surface area (Å²) in [4.78, 5) is 10.6. The molecule has 0 aromatic rings. The van der Waals surface area contributed by atoms with E-state index in [0.717, 1.165) is 11.5 Å². The van der Waals surface area contributed by atoms with Crippen LogP contribution in [0.25, 0.3) is 0 Å². The van der Waals surface area contributed by atoms with Crippen molar-refractivity contribution in [2.45, 2.75) is 18.9 Å². The van der Waals surface area contributed by atoms with Crippen molar-refractivity contribution in [3.63, 3.8) is 0 Å². The van der Waals surface area contributed by atoms with Crippen LogP contribution in [0.5, 0.6) is 0 Å². The molecule has 1 aliphatic heterocycles. The van der Waals surface area contributed by atoms with Gasteiger partial charge >= 0.3 is 0 Å². The van der Waals surface area contributed by atoms with Gasteiger partial charge in [0.15, 0.2) is 0 Å². The number of nitrogens with zero attached hydrogens (tertiary/aromatic N) is 1. The number of hydroxylamine groups is 2. The van der Waals surface area contributed by atoms with Gasteiger partial charge in [-0.3, -0.25) is 10.0 Å². The van der Waals surface area contributed by atoms with Crippen molar-refractivity contribution in [3.05, 3.63) is 0 Å². The second-order valence-corrected chi connectivity index (χ2v) is 2.73. The van der Waals surface area contributed by atoms with Crippen LogP contribution in [0.4, 0.5) is 0 Å². The number of carbonyl (C=O) groups excluding carboxylic acids is 1. The van der Waals surface area contributed by atoms with Crippen LogP contribution in [0.15, 0.2) is 0 Å². The molecule has 0 bridgehead atoms. The Balaban J connectivity index is 2.51. The number of carbonyl (C=O) groups is 1. The van der Waals surface area contributed by atoms with Crippen LogP contribution >= 0.6 is 15.9 Å². The highest BCUT2D eigenvalue weighted by Crippen LogP contribution is 2.17. The quantitative estimate of drug-likeness (QED) is 0.494. The first-order valence-electron chi connectivity index (χ1n) is 2.82. The zero-order valence-electron chi connectivity index (χ0n) is 4.88. The summed E-state index contributed by atoms with van der Waals surface area (Å²) < 4.78 is 0. The summed E-state index contributed by atoms with van der Waals surface area (Å²) in [5.74, 6) is -0.167. The molecule has 0 radical (unpaired) electrons. The Morgan fingerprint density at radius 1 is 1.89 bits per heavy atom. The van der Waals surface area contributed by atoms with Crippen molar-refractivity contribution in [1.29, 1.82) is 0 Å². The number of rotatable bonds is 1. The lowest BCUT2D eigenvalue weighted by molar-refractivity contribution is -0.163. The van der Waals surface area contributed by atoms with Crippen molar-refractivity contribution in [1.82, 2.24) is 5.06 Å². The molecule has 0 aromatic heterocycles. The zero-order valence-corrected chi connectivity index (χ0v) is 6.47. The van der Waals surface area contributed by atoms with E-state index in [1.54, 1.807) is 0 Å². The van der Waals surface area contributed by atoms with Crippen LogP contribution in [0.1, 0.15) is 12.8 Å². The molecule has 1 atom stereocenters. The minimum absolute atomic E-state index is 0.00231. The Morgan fingerprint density at radius 3 is 2.78 bits per heavy atom. The molecular formula is C5H8BrNO2. The molecule has 1 aliphatic rings. The summed E-state index contributed by atoms with van der Waals surface area (Å²) >= 11 is 3.19. The SMILES string of the molecule is O=C1CCC(CBr)N1O. The minimum Gasteiger partial charge on any atom is -0.286 e. The van der Waals surface area contributed by atoms with E-state index in [-0.39, 0.29) is 11.9 Å². The monoisotopic (exact) mass is 193 g/mol. The Labute approximate surface area is 61.7 Å². The molecule has 0 aromatic carbocycles. The van der Waals surface area contributed by atoms with Gasteiger partial charge in [-0.2, -0.15) is 0 Å². The average Bonchev–Trinajstić information content (AvgIpc) is 2.15. The lowest BCUT2D eigenvalue weighted by Crippen LogP contribution is -2.30. The van der Waals surface area contributed by atoms with Gasteiger partial charge in [0, 0.05) is 11.8 Å². The summed E-state index contributed by atoms with van der Waals surface area (Å²) in [7, 11) is 0. The molecule has 1 fully saturated rings. The van der Waals surface area contributed by atoms with Gasteiger partial charge in [0.25, 0.3) is 0 Å². The number of amides is 1. The first-order chi connectivity index (χ1) is 4.25. The standard InChI is InChI=1S/C5H8BrNO2/c6-3-4-1-2-5(8)7(4)9/h4,9H,1-3H2. The van der Waals surface area contributed by atoms with Gasteiger partial charge in [0.05, 0.1) is 6.04 Å². The molecule has 3 nitrogen and oxygen atoms in total. The number of hydrogen-bond donors (Lipinski definition) is 1. The lowest BCUT2D eigenvalue weighted by atomic mass is 10.3.